The molecule has 1 saturated heterocycles. The minimum atomic E-state index is -3.81. The molecule has 1 aliphatic heterocycles. The number of hydrogen-bond donors (Lipinski definition) is 2. The van der Waals surface area contributed by atoms with Crippen LogP contribution < -0.4 is 10.6 Å². The van der Waals surface area contributed by atoms with E-state index in [0.29, 0.717) is 36.2 Å². The van der Waals surface area contributed by atoms with Crippen LogP contribution in [0, 0.1) is 20.8 Å². The van der Waals surface area contributed by atoms with Crippen LogP contribution in [0.5, 0.6) is 0 Å². The third-order valence-corrected chi connectivity index (χ3v) is 7.93. The van der Waals surface area contributed by atoms with Gasteiger partial charge in [0.05, 0.1) is 11.3 Å². The standard InChI is InChI=1S/C25H33N3O4S/c1-16(2)26-23(29)15-20-8-10-21(11-9-20)27-25(30)22-7-6-12-28(22)33(31,32)24-18(4)13-17(3)14-19(24)5/h8-11,13-14,16,22H,6-7,12,15H2,1-5H3,(H,26,29)(H,27,30). The number of nitrogens with zero attached hydrogens (tertiary/aromatic N) is 1. The van der Waals surface area contributed by atoms with Crippen molar-refractivity contribution in [3.05, 3.63) is 58.7 Å². The van der Waals surface area contributed by atoms with Crippen LogP contribution in [-0.2, 0) is 26.0 Å². The topological polar surface area (TPSA) is 95.6 Å². The maximum atomic E-state index is 13.5. The van der Waals surface area contributed by atoms with Gasteiger partial charge in [0, 0.05) is 18.3 Å². The van der Waals surface area contributed by atoms with Crippen molar-refractivity contribution in [2.45, 2.75) is 70.9 Å². The summed E-state index contributed by atoms with van der Waals surface area (Å²) in [6, 6.07) is 10.1. The Bertz CT molecular complexity index is 1120. The second kappa shape index (κ2) is 10.1. The number of nitrogens with one attached hydrogen (secondary N) is 2. The minimum Gasteiger partial charge on any atom is -0.354 e. The Morgan fingerprint density at radius 2 is 1.67 bits per heavy atom. The summed E-state index contributed by atoms with van der Waals surface area (Å²) in [4.78, 5) is 25.2. The van der Waals surface area contributed by atoms with Gasteiger partial charge >= 0.3 is 0 Å². The van der Waals surface area contributed by atoms with Crippen LogP contribution in [0.3, 0.4) is 0 Å². The molecule has 2 aromatic carbocycles. The molecule has 178 valence electrons. The van der Waals surface area contributed by atoms with Gasteiger partial charge in [0.2, 0.25) is 21.8 Å². The quantitative estimate of drug-likeness (QED) is 0.646. The molecule has 0 spiro atoms. The van der Waals surface area contributed by atoms with Crippen molar-refractivity contribution in [3.8, 4) is 0 Å². The second-order valence-corrected chi connectivity index (χ2v) is 10.9. The molecule has 2 amide bonds. The van der Waals surface area contributed by atoms with E-state index in [1.54, 1.807) is 38.1 Å². The fourth-order valence-corrected chi connectivity index (χ4v) is 6.54. The van der Waals surface area contributed by atoms with Gasteiger partial charge in [0.15, 0.2) is 0 Å². The van der Waals surface area contributed by atoms with Crippen molar-refractivity contribution in [2.75, 3.05) is 11.9 Å². The molecule has 1 unspecified atom stereocenters. The number of carbonyl (C=O) groups is 2. The van der Waals surface area contributed by atoms with Gasteiger partial charge in [-0.05, 0) is 76.3 Å². The third kappa shape index (κ3) is 5.81. The highest BCUT2D eigenvalue weighted by atomic mass is 32.2. The van der Waals surface area contributed by atoms with E-state index in [1.807, 2.05) is 32.9 Å². The average Bonchev–Trinajstić information content (AvgIpc) is 3.19. The van der Waals surface area contributed by atoms with Crippen molar-refractivity contribution in [1.82, 2.24) is 9.62 Å². The first-order valence-electron chi connectivity index (χ1n) is 11.3. The summed E-state index contributed by atoms with van der Waals surface area (Å²) in [7, 11) is -3.81. The molecular weight excluding hydrogens is 438 g/mol. The van der Waals surface area contributed by atoms with Crippen molar-refractivity contribution in [3.63, 3.8) is 0 Å². The van der Waals surface area contributed by atoms with Gasteiger partial charge in [-0.25, -0.2) is 8.42 Å². The molecule has 0 aliphatic carbocycles. The van der Waals surface area contributed by atoms with Crippen LogP contribution in [0.2, 0.25) is 0 Å². The van der Waals surface area contributed by atoms with Crippen LogP contribution in [-0.4, -0.2) is 43.2 Å². The fourth-order valence-electron chi connectivity index (χ4n) is 4.47. The number of sulfonamides is 1. The predicted octanol–water partition coefficient (Wildman–Crippen LogP) is 3.47. The zero-order valence-corrected chi connectivity index (χ0v) is 20.8. The zero-order chi connectivity index (χ0) is 24.3. The Labute approximate surface area is 196 Å². The Balaban J connectivity index is 1.73. The maximum absolute atomic E-state index is 13.5. The number of carbonyl (C=O) groups excluding carboxylic acids is 2. The molecule has 1 fully saturated rings. The van der Waals surface area contributed by atoms with Crippen LogP contribution >= 0.6 is 0 Å². The van der Waals surface area contributed by atoms with E-state index < -0.39 is 16.1 Å². The van der Waals surface area contributed by atoms with E-state index in [0.717, 1.165) is 11.1 Å². The number of benzene rings is 2. The summed E-state index contributed by atoms with van der Waals surface area (Å²) >= 11 is 0. The first kappa shape index (κ1) is 24.9. The van der Waals surface area contributed by atoms with Gasteiger partial charge in [-0.3, -0.25) is 9.59 Å². The van der Waals surface area contributed by atoms with Gasteiger partial charge in [0.1, 0.15) is 6.04 Å². The van der Waals surface area contributed by atoms with Crippen LogP contribution in [0.4, 0.5) is 5.69 Å². The average molecular weight is 472 g/mol. The lowest BCUT2D eigenvalue weighted by Crippen LogP contribution is -2.43. The summed E-state index contributed by atoms with van der Waals surface area (Å²) in [5, 5.41) is 5.69. The Hall–Kier alpha value is -2.71. The summed E-state index contributed by atoms with van der Waals surface area (Å²) < 4.78 is 28.3. The van der Waals surface area contributed by atoms with Crippen molar-refractivity contribution in [1.29, 1.82) is 0 Å². The molecular formula is C25H33N3O4S. The molecule has 3 rings (SSSR count). The molecule has 1 heterocycles. The van der Waals surface area contributed by atoms with Crippen molar-refractivity contribution >= 4 is 27.5 Å². The molecule has 1 atom stereocenters. The fraction of sp³-hybridized carbons (Fsp3) is 0.440. The highest BCUT2D eigenvalue weighted by Crippen LogP contribution is 2.31. The largest absolute Gasteiger partial charge is 0.354 e. The number of amides is 2. The zero-order valence-electron chi connectivity index (χ0n) is 19.9. The van der Waals surface area contributed by atoms with Crippen LogP contribution in [0.25, 0.3) is 0 Å². The predicted molar refractivity (Wildman–Crippen MR) is 130 cm³/mol. The smallest absolute Gasteiger partial charge is 0.244 e. The second-order valence-electron chi connectivity index (χ2n) is 9.09. The molecule has 8 heteroatoms. The lowest BCUT2D eigenvalue weighted by Gasteiger charge is -2.25. The summed E-state index contributed by atoms with van der Waals surface area (Å²) in [6.45, 7) is 9.65. The van der Waals surface area contributed by atoms with Crippen molar-refractivity contribution < 1.29 is 18.0 Å². The van der Waals surface area contributed by atoms with Crippen LogP contribution in [0.15, 0.2) is 41.3 Å². The molecule has 1 aliphatic rings. The molecule has 2 aromatic rings. The number of hydrogen-bond acceptors (Lipinski definition) is 4. The SMILES string of the molecule is Cc1cc(C)c(S(=O)(=O)N2CCCC2C(=O)Nc2ccc(CC(=O)NC(C)C)cc2)c(C)c1. The van der Waals surface area contributed by atoms with Gasteiger partial charge in [-0.1, -0.05) is 29.8 Å². The molecule has 0 aromatic heterocycles. The minimum absolute atomic E-state index is 0.0599. The summed E-state index contributed by atoms with van der Waals surface area (Å²) in [5.41, 5.74) is 3.79. The monoisotopic (exact) mass is 471 g/mol. The molecule has 0 bridgehead atoms. The Kier molecular flexibility index (Phi) is 7.59. The molecule has 7 nitrogen and oxygen atoms in total. The highest BCUT2D eigenvalue weighted by molar-refractivity contribution is 7.89. The normalized spacial score (nSPS) is 16.7. The van der Waals surface area contributed by atoms with Gasteiger partial charge in [0.25, 0.3) is 0 Å². The van der Waals surface area contributed by atoms with E-state index in [4.69, 9.17) is 0 Å². The maximum Gasteiger partial charge on any atom is 0.244 e. The first-order valence-corrected chi connectivity index (χ1v) is 12.7. The van der Waals surface area contributed by atoms with Gasteiger partial charge < -0.3 is 10.6 Å². The number of rotatable bonds is 7. The molecule has 0 saturated carbocycles. The first-order chi connectivity index (χ1) is 15.5. The van der Waals surface area contributed by atoms with Crippen molar-refractivity contribution in [2.24, 2.45) is 0 Å². The van der Waals surface area contributed by atoms with E-state index in [1.165, 1.54) is 4.31 Å². The lowest BCUT2D eigenvalue weighted by molar-refractivity contribution is -0.121. The van der Waals surface area contributed by atoms with Gasteiger partial charge in [-0.2, -0.15) is 4.31 Å². The molecule has 33 heavy (non-hydrogen) atoms. The number of anilines is 1. The van der Waals surface area contributed by atoms with E-state index in [2.05, 4.69) is 10.6 Å². The third-order valence-electron chi connectivity index (χ3n) is 5.71. The summed E-state index contributed by atoms with van der Waals surface area (Å²) in [5.74, 6) is -0.404. The van der Waals surface area contributed by atoms with E-state index >= 15 is 0 Å². The van der Waals surface area contributed by atoms with E-state index in [-0.39, 0.29) is 29.2 Å². The molecule has 2 N–H and O–H groups in total. The van der Waals surface area contributed by atoms with E-state index in [9.17, 15) is 18.0 Å². The highest BCUT2D eigenvalue weighted by Gasteiger charge is 2.40. The van der Waals surface area contributed by atoms with Gasteiger partial charge in [-0.15, -0.1) is 0 Å². The Morgan fingerprint density at radius 3 is 2.24 bits per heavy atom. The molecule has 0 radical (unpaired) electrons. The Morgan fingerprint density at radius 1 is 1.06 bits per heavy atom. The lowest BCUT2D eigenvalue weighted by atomic mass is 10.1. The summed E-state index contributed by atoms with van der Waals surface area (Å²) in [6.07, 6.45) is 1.37. The number of aryl methyl sites for hydroxylation is 3. The van der Waals surface area contributed by atoms with Crippen LogP contribution in [0.1, 0.15) is 48.9 Å².